The SMILES string of the molecule is Cl.N#Cc1ccccc1[C@@H](N)C1CCC1. The molecular weight excluding hydrogens is 208 g/mol. The van der Waals surface area contributed by atoms with Gasteiger partial charge in [-0.25, -0.2) is 0 Å². The summed E-state index contributed by atoms with van der Waals surface area (Å²) in [7, 11) is 0. The summed E-state index contributed by atoms with van der Waals surface area (Å²) in [6.45, 7) is 0. The molecule has 1 aromatic carbocycles. The molecule has 1 aliphatic carbocycles. The van der Waals surface area contributed by atoms with Gasteiger partial charge in [-0.1, -0.05) is 24.6 Å². The van der Waals surface area contributed by atoms with Crippen LogP contribution in [0.3, 0.4) is 0 Å². The lowest BCUT2D eigenvalue weighted by Gasteiger charge is -2.31. The summed E-state index contributed by atoms with van der Waals surface area (Å²) < 4.78 is 0. The maximum atomic E-state index is 8.93. The Morgan fingerprint density at radius 3 is 2.53 bits per heavy atom. The van der Waals surface area contributed by atoms with Crippen molar-refractivity contribution in [2.45, 2.75) is 25.3 Å². The van der Waals surface area contributed by atoms with Crippen molar-refractivity contribution in [1.29, 1.82) is 5.26 Å². The molecule has 1 atom stereocenters. The van der Waals surface area contributed by atoms with Gasteiger partial charge in [-0.15, -0.1) is 12.4 Å². The van der Waals surface area contributed by atoms with Crippen LogP contribution in [0.25, 0.3) is 0 Å². The van der Waals surface area contributed by atoms with Gasteiger partial charge in [0.05, 0.1) is 11.6 Å². The van der Waals surface area contributed by atoms with E-state index in [-0.39, 0.29) is 18.4 Å². The molecule has 0 aliphatic heterocycles. The highest BCUT2D eigenvalue weighted by Crippen LogP contribution is 2.36. The fourth-order valence-electron chi connectivity index (χ4n) is 1.94. The number of benzene rings is 1. The number of hydrogen-bond donors (Lipinski definition) is 1. The Morgan fingerprint density at radius 1 is 1.33 bits per heavy atom. The molecule has 1 fully saturated rings. The van der Waals surface area contributed by atoms with E-state index in [1.54, 1.807) is 0 Å². The van der Waals surface area contributed by atoms with Crippen LogP contribution in [0.5, 0.6) is 0 Å². The minimum Gasteiger partial charge on any atom is -0.324 e. The van der Waals surface area contributed by atoms with Crippen molar-refractivity contribution in [1.82, 2.24) is 0 Å². The quantitative estimate of drug-likeness (QED) is 0.837. The number of nitriles is 1. The van der Waals surface area contributed by atoms with Crippen molar-refractivity contribution in [3.8, 4) is 6.07 Å². The molecule has 2 nitrogen and oxygen atoms in total. The molecule has 0 spiro atoms. The van der Waals surface area contributed by atoms with Crippen LogP contribution in [0, 0.1) is 17.2 Å². The predicted molar refractivity (Wildman–Crippen MR) is 62.7 cm³/mol. The summed E-state index contributed by atoms with van der Waals surface area (Å²) in [4.78, 5) is 0. The van der Waals surface area contributed by atoms with Gasteiger partial charge in [-0.2, -0.15) is 5.26 Å². The van der Waals surface area contributed by atoms with E-state index < -0.39 is 0 Å². The minimum absolute atomic E-state index is 0. The van der Waals surface area contributed by atoms with Crippen LogP contribution in [0.4, 0.5) is 0 Å². The number of rotatable bonds is 2. The Bertz CT molecular complexity index is 366. The fraction of sp³-hybridized carbons (Fsp3) is 0.417. The van der Waals surface area contributed by atoms with Crippen molar-refractivity contribution < 1.29 is 0 Å². The predicted octanol–water partition coefficient (Wildman–Crippen LogP) is 2.78. The van der Waals surface area contributed by atoms with Gasteiger partial charge in [0.2, 0.25) is 0 Å². The van der Waals surface area contributed by atoms with E-state index in [9.17, 15) is 0 Å². The van der Waals surface area contributed by atoms with Crippen LogP contribution in [0.2, 0.25) is 0 Å². The van der Waals surface area contributed by atoms with E-state index in [0.717, 1.165) is 11.1 Å². The van der Waals surface area contributed by atoms with Crippen LogP contribution in [0.15, 0.2) is 24.3 Å². The fourth-order valence-corrected chi connectivity index (χ4v) is 1.94. The van der Waals surface area contributed by atoms with Crippen LogP contribution in [-0.4, -0.2) is 0 Å². The maximum absolute atomic E-state index is 8.93. The first kappa shape index (κ1) is 12.0. The number of halogens is 1. The second kappa shape index (κ2) is 5.16. The molecule has 2 rings (SSSR count). The van der Waals surface area contributed by atoms with Gasteiger partial charge in [0.15, 0.2) is 0 Å². The van der Waals surface area contributed by atoms with Crippen molar-refractivity contribution in [2.24, 2.45) is 11.7 Å². The van der Waals surface area contributed by atoms with E-state index >= 15 is 0 Å². The topological polar surface area (TPSA) is 49.8 Å². The molecule has 0 heterocycles. The number of hydrogen-bond acceptors (Lipinski definition) is 2. The molecule has 0 saturated heterocycles. The Hall–Kier alpha value is -1.04. The van der Waals surface area contributed by atoms with Crippen LogP contribution in [0.1, 0.15) is 36.4 Å². The lowest BCUT2D eigenvalue weighted by Crippen LogP contribution is -2.27. The Kier molecular flexibility index (Phi) is 4.14. The lowest BCUT2D eigenvalue weighted by molar-refractivity contribution is 0.264. The van der Waals surface area contributed by atoms with Crippen molar-refractivity contribution in [2.75, 3.05) is 0 Å². The molecule has 0 aromatic heterocycles. The third-order valence-electron chi connectivity index (χ3n) is 3.10. The molecule has 2 N–H and O–H groups in total. The standard InChI is InChI=1S/C12H14N2.ClH/c13-8-10-4-1-2-7-11(10)12(14)9-5-3-6-9;/h1-2,4,7,9,12H,3,5-6,14H2;1H/t12-;/m0./s1. The van der Waals surface area contributed by atoms with Gasteiger partial charge < -0.3 is 5.73 Å². The van der Waals surface area contributed by atoms with Gasteiger partial charge in [0.25, 0.3) is 0 Å². The smallest absolute Gasteiger partial charge is 0.0995 e. The molecule has 3 heteroatoms. The first-order chi connectivity index (χ1) is 6.83. The van der Waals surface area contributed by atoms with E-state index in [2.05, 4.69) is 6.07 Å². The Labute approximate surface area is 96.5 Å². The molecule has 80 valence electrons. The molecule has 0 radical (unpaired) electrons. The molecule has 1 saturated carbocycles. The molecule has 0 bridgehead atoms. The summed E-state index contributed by atoms with van der Waals surface area (Å²) in [5.41, 5.74) is 7.87. The Balaban J connectivity index is 0.00000112. The number of nitrogens with zero attached hydrogens (tertiary/aromatic N) is 1. The van der Waals surface area contributed by atoms with Crippen LogP contribution in [-0.2, 0) is 0 Å². The van der Waals surface area contributed by atoms with E-state index in [0.29, 0.717) is 5.92 Å². The second-order valence-corrected chi connectivity index (χ2v) is 3.92. The summed E-state index contributed by atoms with van der Waals surface area (Å²) >= 11 is 0. The third kappa shape index (κ3) is 2.31. The van der Waals surface area contributed by atoms with E-state index in [4.69, 9.17) is 11.0 Å². The van der Waals surface area contributed by atoms with Gasteiger partial charge >= 0.3 is 0 Å². The molecule has 0 amide bonds. The van der Waals surface area contributed by atoms with Crippen molar-refractivity contribution >= 4 is 12.4 Å². The number of nitrogens with two attached hydrogens (primary N) is 1. The summed E-state index contributed by atoms with van der Waals surface area (Å²) in [6.07, 6.45) is 3.70. The maximum Gasteiger partial charge on any atom is 0.0995 e. The molecule has 1 aliphatic rings. The highest BCUT2D eigenvalue weighted by Gasteiger charge is 2.26. The monoisotopic (exact) mass is 222 g/mol. The zero-order valence-electron chi connectivity index (χ0n) is 8.52. The molecule has 1 aromatic rings. The zero-order valence-corrected chi connectivity index (χ0v) is 9.33. The minimum atomic E-state index is 0. The normalized spacial score (nSPS) is 17.1. The van der Waals surface area contributed by atoms with Crippen LogP contribution < -0.4 is 5.73 Å². The summed E-state index contributed by atoms with van der Waals surface area (Å²) in [6, 6.07) is 9.91. The van der Waals surface area contributed by atoms with Crippen molar-refractivity contribution in [3.63, 3.8) is 0 Å². The summed E-state index contributed by atoms with van der Waals surface area (Å²) in [5, 5.41) is 8.93. The highest BCUT2D eigenvalue weighted by molar-refractivity contribution is 5.85. The van der Waals surface area contributed by atoms with E-state index in [1.807, 2.05) is 24.3 Å². The van der Waals surface area contributed by atoms with Gasteiger partial charge in [-0.05, 0) is 30.4 Å². The largest absolute Gasteiger partial charge is 0.324 e. The molecule has 15 heavy (non-hydrogen) atoms. The second-order valence-electron chi connectivity index (χ2n) is 3.92. The molecule has 0 unspecified atom stereocenters. The highest BCUT2D eigenvalue weighted by atomic mass is 35.5. The van der Waals surface area contributed by atoms with Crippen molar-refractivity contribution in [3.05, 3.63) is 35.4 Å². The third-order valence-corrected chi connectivity index (χ3v) is 3.10. The Morgan fingerprint density at radius 2 is 2.00 bits per heavy atom. The van der Waals surface area contributed by atoms with Gasteiger partial charge in [-0.3, -0.25) is 0 Å². The van der Waals surface area contributed by atoms with Gasteiger partial charge in [0.1, 0.15) is 0 Å². The summed E-state index contributed by atoms with van der Waals surface area (Å²) in [5.74, 6) is 0.587. The average Bonchev–Trinajstić information content (AvgIpc) is 2.15. The van der Waals surface area contributed by atoms with Crippen LogP contribution >= 0.6 is 12.4 Å². The molecular formula is C12H15ClN2. The van der Waals surface area contributed by atoms with Gasteiger partial charge in [0, 0.05) is 6.04 Å². The van der Waals surface area contributed by atoms with E-state index in [1.165, 1.54) is 19.3 Å². The first-order valence-electron chi connectivity index (χ1n) is 5.07. The average molecular weight is 223 g/mol. The zero-order chi connectivity index (χ0) is 9.97. The lowest BCUT2D eigenvalue weighted by atomic mass is 9.77. The first-order valence-corrected chi connectivity index (χ1v) is 5.07.